The molecule has 1 amide bonds. The molecule has 8 nitrogen and oxygen atoms in total. The highest BCUT2D eigenvalue weighted by molar-refractivity contribution is 7.86. The minimum atomic E-state index is -3.53. The van der Waals surface area contributed by atoms with E-state index in [-0.39, 0.29) is 30.5 Å². The maximum atomic E-state index is 12.9. The highest BCUT2D eigenvalue weighted by Gasteiger charge is 2.41. The molecular weight excluding hydrogens is 392 g/mol. The topological polar surface area (TPSA) is 96.2 Å². The van der Waals surface area contributed by atoms with Crippen molar-refractivity contribution in [2.75, 3.05) is 45.8 Å². The average molecular weight is 427 g/mol. The molecule has 2 rings (SSSR count). The van der Waals surface area contributed by atoms with E-state index < -0.39 is 15.6 Å². The van der Waals surface area contributed by atoms with Crippen molar-refractivity contribution >= 4 is 28.5 Å². The van der Waals surface area contributed by atoms with Crippen LogP contribution in [0.3, 0.4) is 0 Å². The number of ether oxygens (including phenoxy) is 1. The largest absolute Gasteiger partial charge is 0.373 e. The van der Waals surface area contributed by atoms with Crippen LogP contribution >= 0.6 is 12.4 Å². The van der Waals surface area contributed by atoms with Gasteiger partial charge in [-0.3, -0.25) is 4.79 Å². The van der Waals surface area contributed by atoms with E-state index in [2.05, 4.69) is 0 Å². The van der Waals surface area contributed by atoms with Gasteiger partial charge in [0.1, 0.15) is 0 Å². The van der Waals surface area contributed by atoms with Gasteiger partial charge in [0.15, 0.2) is 0 Å². The lowest BCUT2D eigenvalue weighted by Gasteiger charge is -2.42. The molecule has 10 heteroatoms. The lowest BCUT2D eigenvalue weighted by molar-refractivity contribution is -0.143. The average Bonchev–Trinajstić information content (AvgIpc) is 2.63. The van der Waals surface area contributed by atoms with Crippen molar-refractivity contribution in [1.29, 1.82) is 0 Å². The summed E-state index contributed by atoms with van der Waals surface area (Å²) < 4.78 is 34.5. The fourth-order valence-electron chi connectivity index (χ4n) is 3.87. The Morgan fingerprint density at radius 2 is 1.52 bits per heavy atom. The molecule has 2 aliphatic heterocycles. The number of amides is 1. The highest BCUT2D eigenvalue weighted by Crippen LogP contribution is 2.29. The molecule has 0 aliphatic carbocycles. The van der Waals surface area contributed by atoms with Crippen LogP contribution in [0.2, 0.25) is 0 Å². The van der Waals surface area contributed by atoms with E-state index >= 15 is 0 Å². The van der Waals surface area contributed by atoms with Gasteiger partial charge in [0, 0.05) is 45.8 Å². The fraction of sp³-hybridized carbons (Fsp3) is 0.941. The molecule has 160 valence electrons. The van der Waals surface area contributed by atoms with E-state index in [9.17, 15) is 13.2 Å². The van der Waals surface area contributed by atoms with E-state index in [0.717, 1.165) is 0 Å². The minimum absolute atomic E-state index is 0. The summed E-state index contributed by atoms with van der Waals surface area (Å²) in [6, 6.07) is 0. The summed E-state index contributed by atoms with van der Waals surface area (Å²) >= 11 is 0. The number of hydrogen-bond acceptors (Lipinski definition) is 5. The van der Waals surface area contributed by atoms with Crippen molar-refractivity contribution in [2.24, 2.45) is 11.1 Å². The first-order chi connectivity index (χ1) is 12.2. The summed E-state index contributed by atoms with van der Waals surface area (Å²) in [5.41, 5.74) is 5.35. The molecule has 0 aromatic rings. The summed E-state index contributed by atoms with van der Waals surface area (Å²) in [5.74, 6) is 0.0515. The number of rotatable bonds is 6. The normalized spacial score (nSPS) is 25.9. The third kappa shape index (κ3) is 5.13. The van der Waals surface area contributed by atoms with E-state index in [4.69, 9.17) is 10.5 Å². The van der Waals surface area contributed by atoms with Crippen molar-refractivity contribution in [3.63, 3.8) is 0 Å². The molecule has 2 aliphatic rings. The molecular formula is C17H35ClN4O4S. The Hall–Kier alpha value is -0.450. The van der Waals surface area contributed by atoms with Crippen LogP contribution in [0.5, 0.6) is 0 Å². The van der Waals surface area contributed by atoms with Crippen molar-refractivity contribution < 1.29 is 17.9 Å². The number of carbonyl (C=O) groups excluding carboxylic acids is 1. The standard InChI is InChI=1S/C17H34N4O4S.ClH/c1-5-17(6-2,13-18)16(22)19-7-9-20(10-8-19)26(23,24)21-11-14(3)25-15(4)12-21;/h14-15H,5-13,18H2,1-4H3;1H. The zero-order valence-corrected chi connectivity index (χ0v) is 18.5. The lowest BCUT2D eigenvalue weighted by atomic mass is 9.81. The molecule has 2 atom stereocenters. The molecule has 0 saturated carbocycles. The molecule has 2 fully saturated rings. The van der Waals surface area contributed by atoms with Gasteiger partial charge < -0.3 is 15.4 Å². The van der Waals surface area contributed by atoms with Crippen molar-refractivity contribution in [3.05, 3.63) is 0 Å². The molecule has 0 bridgehead atoms. The fourth-order valence-corrected chi connectivity index (χ4v) is 5.62. The number of piperazine rings is 1. The van der Waals surface area contributed by atoms with Crippen LogP contribution in [-0.4, -0.2) is 85.9 Å². The van der Waals surface area contributed by atoms with Crippen LogP contribution in [0.25, 0.3) is 0 Å². The summed E-state index contributed by atoms with van der Waals surface area (Å²) in [6.45, 7) is 10.3. The minimum Gasteiger partial charge on any atom is -0.373 e. The first kappa shape index (κ1) is 24.6. The maximum absolute atomic E-state index is 12.9. The lowest BCUT2D eigenvalue weighted by Crippen LogP contribution is -2.59. The number of nitrogens with two attached hydrogens (primary N) is 1. The Balaban J connectivity index is 0.00000364. The Morgan fingerprint density at radius 3 is 1.93 bits per heavy atom. The second-order valence-electron chi connectivity index (χ2n) is 7.46. The molecule has 2 N–H and O–H groups in total. The van der Waals surface area contributed by atoms with Crippen LogP contribution in [0.1, 0.15) is 40.5 Å². The number of carbonyl (C=O) groups is 1. The quantitative estimate of drug-likeness (QED) is 0.673. The van der Waals surface area contributed by atoms with E-state index in [1.54, 1.807) is 4.90 Å². The number of morpholine rings is 1. The second-order valence-corrected chi connectivity index (χ2v) is 9.39. The van der Waals surface area contributed by atoms with E-state index in [1.165, 1.54) is 8.61 Å². The zero-order chi connectivity index (χ0) is 19.5. The predicted octanol–water partition coefficient (Wildman–Crippen LogP) is 0.672. The number of halogens is 1. The molecule has 0 spiro atoms. The SMILES string of the molecule is CCC(CC)(CN)C(=O)N1CCN(S(=O)(=O)N2CC(C)OC(C)C2)CC1.Cl. The molecule has 27 heavy (non-hydrogen) atoms. The Bertz CT molecular complexity index is 573. The molecule has 0 aromatic carbocycles. The summed E-state index contributed by atoms with van der Waals surface area (Å²) in [6.07, 6.45) is 1.16. The second kappa shape index (κ2) is 9.84. The van der Waals surface area contributed by atoms with Gasteiger partial charge in [-0.05, 0) is 26.7 Å². The van der Waals surface area contributed by atoms with Crippen LogP contribution in [0.15, 0.2) is 0 Å². The smallest absolute Gasteiger partial charge is 0.282 e. The van der Waals surface area contributed by atoms with Gasteiger partial charge in [0.25, 0.3) is 10.2 Å². The maximum Gasteiger partial charge on any atom is 0.282 e. The van der Waals surface area contributed by atoms with Gasteiger partial charge in [-0.2, -0.15) is 17.0 Å². The zero-order valence-electron chi connectivity index (χ0n) is 16.9. The summed E-state index contributed by atoms with van der Waals surface area (Å²) in [4.78, 5) is 14.7. The Morgan fingerprint density at radius 1 is 1.04 bits per heavy atom. The van der Waals surface area contributed by atoms with Gasteiger partial charge in [0.2, 0.25) is 5.91 Å². The monoisotopic (exact) mass is 426 g/mol. The van der Waals surface area contributed by atoms with E-state index in [0.29, 0.717) is 58.7 Å². The molecule has 0 aromatic heterocycles. The van der Waals surface area contributed by atoms with Gasteiger partial charge in [0.05, 0.1) is 17.6 Å². The Labute approximate surface area is 170 Å². The molecule has 2 unspecified atom stereocenters. The number of nitrogens with zero attached hydrogens (tertiary/aromatic N) is 3. The third-order valence-electron chi connectivity index (χ3n) is 5.76. The Kier molecular flexibility index (Phi) is 8.97. The van der Waals surface area contributed by atoms with Crippen LogP contribution < -0.4 is 5.73 Å². The molecule has 2 saturated heterocycles. The first-order valence-electron chi connectivity index (χ1n) is 9.60. The van der Waals surface area contributed by atoms with Crippen molar-refractivity contribution in [2.45, 2.75) is 52.7 Å². The van der Waals surface area contributed by atoms with Gasteiger partial charge in [-0.15, -0.1) is 12.4 Å². The number of hydrogen-bond donors (Lipinski definition) is 1. The highest BCUT2D eigenvalue weighted by atomic mass is 35.5. The van der Waals surface area contributed by atoms with Gasteiger partial charge in [-0.1, -0.05) is 13.8 Å². The van der Waals surface area contributed by atoms with Crippen LogP contribution in [-0.2, 0) is 19.7 Å². The first-order valence-corrected chi connectivity index (χ1v) is 11.0. The molecule has 2 heterocycles. The summed E-state index contributed by atoms with van der Waals surface area (Å²) in [5, 5.41) is 0. The van der Waals surface area contributed by atoms with Gasteiger partial charge >= 0.3 is 0 Å². The summed E-state index contributed by atoms with van der Waals surface area (Å²) in [7, 11) is -3.53. The van der Waals surface area contributed by atoms with Crippen molar-refractivity contribution in [3.8, 4) is 0 Å². The van der Waals surface area contributed by atoms with Crippen molar-refractivity contribution in [1.82, 2.24) is 13.5 Å². The predicted molar refractivity (Wildman–Crippen MR) is 108 cm³/mol. The third-order valence-corrected chi connectivity index (χ3v) is 7.73. The van der Waals surface area contributed by atoms with Crippen LogP contribution in [0, 0.1) is 5.41 Å². The van der Waals surface area contributed by atoms with Gasteiger partial charge in [-0.25, -0.2) is 0 Å². The van der Waals surface area contributed by atoms with E-state index in [1.807, 2.05) is 27.7 Å². The molecule has 0 radical (unpaired) electrons. The van der Waals surface area contributed by atoms with Crippen LogP contribution in [0.4, 0.5) is 0 Å².